The third-order valence-corrected chi connectivity index (χ3v) is 7.32. The number of aliphatic imine (C=N–C) groups is 1. The summed E-state index contributed by atoms with van der Waals surface area (Å²) in [6.07, 6.45) is 0. The number of nitrogens with zero attached hydrogens (tertiary/aromatic N) is 3. The van der Waals surface area contributed by atoms with E-state index >= 15 is 0 Å². The van der Waals surface area contributed by atoms with Crippen molar-refractivity contribution in [3.63, 3.8) is 0 Å². The van der Waals surface area contributed by atoms with Crippen molar-refractivity contribution in [2.24, 2.45) is 4.99 Å². The molecule has 0 atom stereocenters. The zero-order valence-corrected chi connectivity index (χ0v) is 17.5. The van der Waals surface area contributed by atoms with Gasteiger partial charge in [-0.1, -0.05) is 12.1 Å². The maximum Gasteiger partial charge on any atom is 0.194 e. The molecule has 0 aliphatic carbocycles. The first-order valence-electron chi connectivity index (χ1n) is 9.33. The molecule has 1 aliphatic heterocycles. The molecular weight excluding hydrogens is 367 g/mol. The van der Waals surface area contributed by atoms with E-state index < -0.39 is 14.6 Å². The van der Waals surface area contributed by atoms with Gasteiger partial charge in [-0.25, -0.2) is 12.8 Å². The molecule has 8 heteroatoms. The molecule has 1 aromatic carbocycles. The monoisotopic (exact) mass is 398 g/mol. The number of nitrogens with one attached hydrogen (secondary N) is 1. The largest absolute Gasteiger partial charge is 0.357 e. The molecule has 27 heavy (non-hydrogen) atoms. The summed E-state index contributed by atoms with van der Waals surface area (Å²) in [5, 5.41) is 3.27. The Morgan fingerprint density at radius 1 is 1.33 bits per heavy atom. The fourth-order valence-corrected chi connectivity index (χ4v) is 4.42. The lowest BCUT2D eigenvalue weighted by Crippen LogP contribution is -2.57. The Morgan fingerprint density at radius 2 is 2.00 bits per heavy atom. The van der Waals surface area contributed by atoms with Gasteiger partial charge in [-0.2, -0.15) is 0 Å². The first kappa shape index (κ1) is 21.6. The summed E-state index contributed by atoms with van der Waals surface area (Å²) in [7, 11) is -1.07. The predicted molar refractivity (Wildman–Crippen MR) is 108 cm³/mol. The summed E-state index contributed by atoms with van der Waals surface area (Å²) in [6, 6.07) is 6.51. The smallest absolute Gasteiger partial charge is 0.194 e. The van der Waals surface area contributed by atoms with Crippen molar-refractivity contribution in [1.29, 1.82) is 0 Å². The lowest BCUT2D eigenvalue weighted by Gasteiger charge is -2.39. The summed E-state index contributed by atoms with van der Waals surface area (Å²) in [5.74, 6) is 0.679. The quantitative estimate of drug-likeness (QED) is 0.584. The van der Waals surface area contributed by atoms with Crippen molar-refractivity contribution in [2.45, 2.75) is 32.1 Å². The van der Waals surface area contributed by atoms with E-state index in [1.165, 1.54) is 12.1 Å². The van der Waals surface area contributed by atoms with Crippen LogP contribution in [-0.4, -0.2) is 74.4 Å². The molecule has 0 saturated carbocycles. The van der Waals surface area contributed by atoms with Crippen LogP contribution in [0.5, 0.6) is 0 Å². The van der Waals surface area contributed by atoms with Crippen molar-refractivity contribution < 1.29 is 12.8 Å². The molecule has 2 rings (SSSR count). The molecule has 0 bridgehead atoms. The highest BCUT2D eigenvalue weighted by molar-refractivity contribution is 7.92. The summed E-state index contributed by atoms with van der Waals surface area (Å²) in [4.78, 5) is 8.84. The van der Waals surface area contributed by atoms with Crippen LogP contribution in [0.3, 0.4) is 0 Å². The van der Waals surface area contributed by atoms with E-state index in [-0.39, 0.29) is 11.6 Å². The summed E-state index contributed by atoms with van der Waals surface area (Å²) in [5.41, 5.74) is 1.05. The normalized spacial score (nSPS) is 19.3. The Morgan fingerprint density at radius 3 is 2.59 bits per heavy atom. The lowest BCUT2D eigenvalue weighted by molar-refractivity contribution is 0.331. The molecule has 0 unspecified atom stereocenters. The number of sulfone groups is 1. The highest BCUT2D eigenvalue weighted by atomic mass is 32.2. The number of halogens is 1. The van der Waals surface area contributed by atoms with E-state index in [2.05, 4.69) is 15.2 Å². The van der Waals surface area contributed by atoms with Gasteiger partial charge in [0.05, 0.1) is 17.0 Å². The van der Waals surface area contributed by atoms with Gasteiger partial charge in [-0.05, 0) is 45.5 Å². The van der Waals surface area contributed by atoms with Crippen molar-refractivity contribution >= 4 is 15.8 Å². The Kier molecular flexibility index (Phi) is 7.22. The maximum atomic E-state index is 13.0. The molecule has 1 aromatic rings. The molecule has 0 aromatic heterocycles. The van der Waals surface area contributed by atoms with Crippen molar-refractivity contribution in [2.75, 3.05) is 45.5 Å². The molecule has 1 heterocycles. The third-order valence-electron chi connectivity index (χ3n) is 4.79. The number of likely N-dealkylation sites (N-methyl/N-ethyl adjacent to an activating group) is 1. The van der Waals surface area contributed by atoms with E-state index in [1.54, 1.807) is 26.0 Å². The molecule has 1 aliphatic rings. The molecule has 6 nitrogen and oxygen atoms in total. The van der Waals surface area contributed by atoms with Crippen LogP contribution >= 0.6 is 0 Å². The van der Waals surface area contributed by atoms with Gasteiger partial charge in [-0.3, -0.25) is 4.99 Å². The average molecular weight is 399 g/mol. The number of hydrogen-bond donors (Lipinski definition) is 1. The van der Waals surface area contributed by atoms with Gasteiger partial charge < -0.3 is 15.1 Å². The van der Waals surface area contributed by atoms with Gasteiger partial charge in [0, 0.05) is 32.7 Å². The molecular formula is C19H31FN4O2S. The first-order chi connectivity index (χ1) is 12.6. The van der Waals surface area contributed by atoms with Crippen molar-refractivity contribution in [3.8, 4) is 0 Å². The van der Waals surface area contributed by atoms with Gasteiger partial charge >= 0.3 is 0 Å². The van der Waals surface area contributed by atoms with E-state index in [0.29, 0.717) is 19.6 Å². The Bertz CT molecular complexity index is 747. The van der Waals surface area contributed by atoms with Crippen LogP contribution in [0.15, 0.2) is 29.3 Å². The fraction of sp³-hybridized carbons (Fsp3) is 0.632. The van der Waals surface area contributed by atoms with Gasteiger partial charge in [0.1, 0.15) is 5.82 Å². The van der Waals surface area contributed by atoms with E-state index in [4.69, 9.17) is 0 Å². The summed E-state index contributed by atoms with van der Waals surface area (Å²) in [6.45, 7) is 9.25. The second-order valence-electron chi connectivity index (χ2n) is 7.60. The Labute approximate surface area is 162 Å². The Hall–Kier alpha value is -1.67. The SMILES string of the molecule is CCNC(=NCCN(C)Cc1ccc(F)cc1)N1CCS(=O)(=O)C(C)(C)C1. The number of guanidine groups is 1. The molecule has 0 spiro atoms. The minimum atomic E-state index is -3.07. The van der Waals surface area contributed by atoms with E-state index in [1.807, 2.05) is 18.9 Å². The lowest BCUT2D eigenvalue weighted by atomic mass is 10.2. The number of hydrogen-bond acceptors (Lipinski definition) is 4. The zero-order valence-electron chi connectivity index (χ0n) is 16.7. The van der Waals surface area contributed by atoms with Crippen LogP contribution in [0.4, 0.5) is 4.39 Å². The second kappa shape index (κ2) is 9.01. The highest BCUT2D eigenvalue weighted by Crippen LogP contribution is 2.23. The van der Waals surface area contributed by atoms with Crippen LogP contribution in [0.25, 0.3) is 0 Å². The third kappa shape index (κ3) is 5.90. The summed E-state index contributed by atoms with van der Waals surface area (Å²) < 4.78 is 36.6. The van der Waals surface area contributed by atoms with Crippen molar-refractivity contribution in [1.82, 2.24) is 15.1 Å². The van der Waals surface area contributed by atoms with Gasteiger partial charge in [0.25, 0.3) is 0 Å². The standard InChI is InChI=1S/C19H31FN4O2S/c1-5-21-18(24-12-13-27(25,26)19(2,3)15-24)22-10-11-23(4)14-16-6-8-17(20)9-7-16/h6-9H,5,10-15H2,1-4H3,(H,21,22). The highest BCUT2D eigenvalue weighted by Gasteiger charge is 2.40. The van der Waals surface area contributed by atoms with Crippen LogP contribution in [-0.2, 0) is 16.4 Å². The fourth-order valence-electron chi connectivity index (χ4n) is 3.06. The predicted octanol–water partition coefficient (Wildman–Crippen LogP) is 1.73. The van der Waals surface area contributed by atoms with Crippen LogP contribution in [0, 0.1) is 5.82 Å². The van der Waals surface area contributed by atoms with Crippen LogP contribution in [0.1, 0.15) is 26.3 Å². The first-order valence-corrected chi connectivity index (χ1v) is 11.0. The van der Waals surface area contributed by atoms with Gasteiger partial charge in [-0.15, -0.1) is 0 Å². The van der Waals surface area contributed by atoms with Crippen molar-refractivity contribution in [3.05, 3.63) is 35.6 Å². The van der Waals surface area contributed by atoms with Crippen LogP contribution < -0.4 is 5.32 Å². The molecule has 1 saturated heterocycles. The minimum absolute atomic E-state index is 0.148. The van der Waals surface area contributed by atoms with E-state index in [9.17, 15) is 12.8 Å². The molecule has 152 valence electrons. The maximum absolute atomic E-state index is 13.0. The van der Waals surface area contributed by atoms with Gasteiger partial charge in [0.2, 0.25) is 0 Å². The van der Waals surface area contributed by atoms with Crippen LogP contribution in [0.2, 0.25) is 0 Å². The average Bonchev–Trinajstić information content (AvgIpc) is 2.59. The second-order valence-corrected chi connectivity index (χ2v) is 10.3. The Balaban J connectivity index is 1.94. The van der Waals surface area contributed by atoms with Gasteiger partial charge in [0.15, 0.2) is 15.8 Å². The molecule has 0 amide bonds. The minimum Gasteiger partial charge on any atom is -0.357 e. The zero-order chi connectivity index (χ0) is 20.1. The topological polar surface area (TPSA) is 65.0 Å². The summed E-state index contributed by atoms with van der Waals surface area (Å²) >= 11 is 0. The van der Waals surface area contributed by atoms with E-state index in [0.717, 1.165) is 31.2 Å². The molecule has 1 fully saturated rings. The molecule has 0 radical (unpaired) electrons. The molecule has 1 N–H and O–H groups in total. The number of rotatable bonds is 6. The number of benzene rings is 1.